The molecule has 2 N–H and O–H groups in total. The number of fused-ring (bicyclic) bond motifs is 1. The third-order valence-corrected chi connectivity index (χ3v) is 4.79. The molecule has 31 heavy (non-hydrogen) atoms. The third-order valence-electron chi connectivity index (χ3n) is 4.47. The second-order valence-electron chi connectivity index (χ2n) is 6.46. The molecule has 158 valence electrons. The van der Waals surface area contributed by atoms with Crippen molar-refractivity contribution in [1.82, 2.24) is 5.16 Å². The van der Waals surface area contributed by atoms with Gasteiger partial charge in [-0.1, -0.05) is 22.8 Å². The van der Waals surface area contributed by atoms with Gasteiger partial charge >= 0.3 is 5.63 Å². The van der Waals surface area contributed by atoms with Crippen LogP contribution in [-0.2, 0) is 0 Å². The topological polar surface area (TPSA) is 132 Å². The van der Waals surface area contributed by atoms with Gasteiger partial charge in [-0.2, -0.15) is 0 Å². The first-order valence-electron chi connectivity index (χ1n) is 8.72. The van der Waals surface area contributed by atoms with E-state index in [0.29, 0.717) is 0 Å². The number of hydrogen-bond acceptors (Lipinski definition) is 8. The second kappa shape index (κ2) is 7.84. The molecule has 0 atom stereocenters. The minimum absolute atomic E-state index is 0.0197. The van der Waals surface area contributed by atoms with E-state index < -0.39 is 17.3 Å². The van der Waals surface area contributed by atoms with E-state index >= 15 is 0 Å². The largest absolute Gasteiger partial charge is 0.733 e. The smallest absolute Gasteiger partial charge is 0.360 e. The first-order valence-corrected chi connectivity index (χ1v) is 9.10. The molecule has 0 aliphatic carbocycles. The van der Waals surface area contributed by atoms with E-state index in [1.165, 1.54) is 43.3 Å². The number of rotatable bonds is 4. The van der Waals surface area contributed by atoms with Crippen LogP contribution in [-0.4, -0.2) is 16.3 Å². The molecule has 1 amide bonds. The summed E-state index contributed by atoms with van der Waals surface area (Å²) < 4.78 is 24.5. The predicted octanol–water partition coefficient (Wildman–Crippen LogP) is 4.49. The molecule has 2 heterocycles. The third kappa shape index (κ3) is 3.75. The summed E-state index contributed by atoms with van der Waals surface area (Å²) in [6, 6.07) is 9.09. The number of nitrogens with one attached hydrogen (secondary N) is 1. The summed E-state index contributed by atoms with van der Waals surface area (Å²) >= 11 is 6.07. The Balaban J connectivity index is 1.76. The van der Waals surface area contributed by atoms with Crippen molar-refractivity contribution in [2.75, 3.05) is 10.5 Å². The molecular weight excluding hydrogens is 433 g/mol. The maximum absolute atomic E-state index is 14.3. The van der Waals surface area contributed by atoms with Crippen LogP contribution in [0, 0.1) is 17.9 Å². The van der Waals surface area contributed by atoms with Gasteiger partial charge in [-0.05, 0) is 43.3 Å². The van der Waals surface area contributed by atoms with Crippen LogP contribution in [0.2, 0.25) is 5.02 Å². The number of aromatic nitrogens is 1. The predicted molar refractivity (Wildman–Crippen MR) is 110 cm³/mol. The minimum atomic E-state index is -0.865. The molecule has 0 fully saturated rings. The Hall–Kier alpha value is -3.73. The summed E-state index contributed by atoms with van der Waals surface area (Å²) in [4.78, 5) is 25.2. The van der Waals surface area contributed by atoms with Crippen molar-refractivity contribution < 1.29 is 23.3 Å². The van der Waals surface area contributed by atoms with Gasteiger partial charge in [0, 0.05) is 5.39 Å². The molecule has 0 bridgehead atoms. The van der Waals surface area contributed by atoms with Crippen LogP contribution in [0.4, 0.5) is 15.8 Å². The molecule has 4 aromatic rings. The van der Waals surface area contributed by atoms with E-state index in [1.54, 1.807) is 0 Å². The molecule has 0 aliphatic heterocycles. The summed E-state index contributed by atoms with van der Waals surface area (Å²) in [5.41, 5.74) is -1.47. The molecule has 0 aliphatic rings. The molecule has 0 saturated heterocycles. The van der Waals surface area contributed by atoms with Gasteiger partial charge in [0.15, 0.2) is 0 Å². The van der Waals surface area contributed by atoms with E-state index in [4.69, 9.17) is 25.7 Å². The fourth-order valence-corrected chi connectivity index (χ4v) is 3.29. The lowest BCUT2D eigenvalue weighted by molar-refractivity contribution is 0.102. The number of amides is 1. The van der Waals surface area contributed by atoms with Crippen molar-refractivity contribution in [1.29, 1.82) is 0 Å². The number of benzene rings is 2. The van der Waals surface area contributed by atoms with Crippen LogP contribution in [0.1, 0.15) is 16.1 Å². The normalized spacial score (nSPS) is 11.0. The van der Waals surface area contributed by atoms with Crippen molar-refractivity contribution >= 4 is 39.9 Å². The highest BCUT2D eigenvalue weighted by Gasteiger charge is 2.26. The molecule has 2 aromatic carbocycles. The lowest BCUT2D eigenvalue weighted by Crippen LogP contribution is -2.19. The fourth-order valence-electron chi connectivity index (χ4n) is 3.04. The average molecular weight is 445 g/mol. The van der Waals surface area contributed by atoms with Crippen molar-refractivity contribution in [2.45, 2.75) is 6.92 Å². The van der Waals surface area contributed by atoms with E-state index in [-0.39, 0.29) is 55.2 Å². The molecule has 0 unspecified atom stereocenters. The van der Waals surface area contributed by atoms with Crippen LogP contribution >= 0.6 is 11.6 Å². The maximum atomic E-state index is 14.3. The monoisotopic (exact) mass is 444 g/mol. The van der Waals surface area contributed by atoms with Crippen LogP contribution < -0.4 is 16.2 Å². The summed E-state index contributed by atoms with van der Waals surface area (Å²) in [7, 11) is 0. The first-order chi connectivity index (χ1) is 14.8. The first kappa shape index (κ1) is 20.5. The van der Waals surface area contributed by atoms with Crippen molar-refractivity contribution in [3.05, 3.63) is 80.3 Å². The lowest BCUT2D eigenvalue weighted by atomic mass is 10.0. The zero-order valence-corrected chi connectivity index (χ0v) is 16.4. The Kier molecular flexibility index (Phi) is 5.19. The highest BCUT2D eigenvalue weighted by Crippen LogP contribution is 2.33. The number of hydrogen-bond donors (Lipinski definition) is 2. The number of nitrogens with zero attached hydrogens (tertiary/aromatic N) is 2. The second-order valence-corrected chi connectivity index (χ2v) is 6.86. The number of anilines is 2. The summed E-state index contributed by atoms with van der Waals surface area (Å²) in [5.74, 6) is -1.45. The summed E-state index contributed by atoms with van der Waals surface area (Å²) in [5, 5.41) is 26.2. The summed E-state index contributed by atoms with van der Waals surface area (Å²) in [6.07, 6.45) is 0. The zero-order valence-electron chi connectivity index (χ0n) is 15.7. The highest BCUT2D eigenvalue weighted by atomic mass is 35.5. The number of carbonyl (C=O) groups is 1. The fraction of sp³-hybridized carbons (Fsp3) is 0.0500. The minimum Gasteiger partial charge on any atom is -0.733 e. The van der Waals surface area contributed by atoms with Gasteiger partial charge in [-0.3, -0.25) is 10.0 Å². The molecule has 2 aromatic heterocycles. The van der Waals surface area contributed by atoms with Gasteiger partial charge in [-0.25, -0.2) is 9.18 Å². The van der Waals surface area contributed by atoms with Crippen LogP contribution in [0.5, 0.6) is 0 Å². The quantitative estimate of drug-likeness (QED) is 0.347. The molecule has 11 heteroatoms. The molecule has 9 nitrogen and oxygen atoms in total. The van der Waals surface area contributed by atoms with Gasteiger partial charge in [0.25, 0.3) is 5.91 Å². The Morgan fingerprint density at radius 3 is 2.77 bits per heavy atom. The maximum Gasteiger partial charge on any atom is 0.360 e. The molecule has 0 radical (unpaired) electrons. The van der Waals surface area contributed by atoms with Gasteiger partial charge in [0.2, 0.25) is 0 Å². The SMILES string of the molecule is Cc1onc(-c2c(F)cccc2Cl)c1C(=O)Nc1cc2cc(N([O-])O)ccc2oc1=O. The molecule has 0 saturated carbocycles. The van der Waals surface area contributed by atoms with Crippen molar-refractivity contribution in [3.8, 4) is 11.3 Å². The molecular formula is C20H12ClFN3O6-. The standard InChI is InChI=1S/C20H12ClFN3O6/c1-9-16(18(24-31-9)17-12(21)3-2-4-13(17)22)19(26)23-14-8-10-7-11(25(28)29)5-6-15(10)30-20(14)27/h2-8,28H,1H3,(H,23,26)/q-1. The van der Waals surface area contributed by atoms with Gasteiger partial charge < -0.3 is 24.7 Å². The zero-order chi connectivity index (χ0) is 22.3. The lowest BCUT2D eigenvalue weighted by Gasteiger charge is -2.21. The average Bonchev–Trinajstić information content (AvgIpc) is 3.09. The Labute approximate surface area is 177 Å². The summed E-state index contributed by atoms with van der Waals surface area (Å²) in [6.45, 7) is 1.44. The Morgan fingerprint density at radius 2 is 2.06 bits per heavy atom. The Bertz CT molecular complexity index is 1360. The van der Waals surface area contributed by atoms with Crippen LogP contribution in [0.25, 0.3) is 22.2 Å². The number of carbonyl (C=O) groups excluding carboxylic acids is 1. The van der Waals surface area contributed by atoms with Crippen LogP contribution in [0.15, 0.2) is 56.2 Å². The van der Waals surface area contributed by atoms with E-state index in [2.05, 4.69) is 10.5 Å². The van der Waals surface area contributed by atoms with Crippen molar-refractivity contribution in [3.63, 3.8) is 0 Å². The molecule has 4 rings (SSSR count). The van der Waals surface area contributed by atoms with Gasteiger partial charge in [-0.15, -0.1) is 0 Å². The number of halogens is 2. The van der Waals surface area contributed by atoms with E-state index in [0.717, 1.165) is 6.07 Å². The van der Waals surface area contributed by atoms with E-state index in [9.17, 15) is 19.2 Å². The Morgan fingerprint density at radius 1 is 1.29 bits per heavy atom. The van der Waals surface area contributed by atoms with Crippen LogP contribution in [0.3, 0.4) is 0 Å². The van der Waals surface area contributed by atoms with E-state index in [1.807, 2.05) is 0 Å². The van der Waals surface area contributed by atoms with Crippen molar-refractivity contribution in [2.24, 2.45) is 0 Å². The van der Waals surface area contributed by atoms with Gasteiger partial charge in [0.1, 0.15) is 34.1 Å². The number of aryl methyl sites for hydroxylation is 1. The highest BCUT2D eigenvalue weighted by molar-refractivity contribution is 6.33. The molecule has 0 spiro atoms. The van der Waals surface area contributed by atoms with Gasteiger partial charge in [0.05, 0.1) is 16.3 Å².